The lowest BCUT2D eigenvalue weighted by molar-refractivity contribution is 0.0618. The van der Waals surface area contributed by atoms with Crippen LogP contribution in [0.2, 0.25) is 0 Å². The van der Waals surface area contributed by atoms with Crippen molar-refractivity contribution in [2.24, 2.45) is 7.05 Å². The molecule has 4 rings (SSSR count). The molecule has 0 atom stereocenters. The Hall–Kier alpha value is -2.99. The molecule has 0 radical (unpaired) electrons. The average molecular weight is 378 g/mol. The number of carbonyl (C=O) groups excluding carboxylic acids is 1. The number of halogens is 1. The molecule has 0 spiro atoms. The van der Waals surface area contributed by atoms with E-state index in [2.05, 4.69) is 34.3 Å². The minimum absolute atomic E-state index is 0.0114. The van der Waals surface area contributed by atoms with Gasteiger partial charge in [-0.25, -0.2) is 4.39 Å². The number of carbonyl (C=O) groups is 1. The van der Waals surface area contributed by atoms with E-state index in [4.69, 9.17) is 0 Å². The Morgan fingerprint density at radius 1 is 1.00 bits per heavy atom. The van der Waals surface area contributed by atoms with E-state index < -0.39 is 0 Å². The largest absolute Gasteiger partial charge is 0.335 e. The Bertz CT molecular complexity index is 944. The molecule has 1 amide bonds. The van der Waals surface area contributed by atoms with Crippen LogP contribution in [0, 0.1) is 5.82 Å². The number of benzene rings is 2. The van der Waals surface area contributed by atoms with Gasteiger partial charge in [0, 0.05) is 45.3 Å². The van der Waals surface area contributed by atoms with Crippen molar-refractivity contribution in [3.63, 3.8) is 0 Å². The van der Waals surface area contributed by atoms with Crippen molar-refractivity contribution < 1.29 is 9.18 Å². The molecule has 1 aliphatic rings. The first-order valence-corrected chi connectivity index (χ1v) is 9.46. The molecule has 28 heavy (non-hydrogen) atoms. The number of aryl methyl sites for hydroxylation is 1. The fourth-order valence-electron chi connectivity index (χ4n) is 3.54. The first-order chi connectivity index (χ1) is 13.6. The van der Waals surface area contributed by atoms with Crippen LogP contribution >= 0.6 is 0 Å². The van der Waals surface area contributed by atoms with Crippen LogP contribution in [0.15, 0.2) is 60.7 Å². The third-order valence-electron chi connectivity index (χ3n) is 5.15. The summed E-state index contributed by atoms with van der Waals surface area (Å²) in [6.07, 6.45) is 0. The van der Waals surface area contributed by atoms with Crippen LogP contribution in [-0.4, -0.2) is 51.7 Å². The van der Waals surface area contributed by atoms with E-state index in [0.717, 1.165) is 25.2 Å². The summed E-state index contributed by atoms with van der Waals surface area (Å²) in [5.74, 6) is -0.299. The third kappa shape index (κ3) is 3.97. The van der Waals surface area contributed by atoms with Crippen LogP contribution in [0.3, 0.4) is 0 Å². The second-order valence-electron chi connectivity index (χ2n) is 7.10. The van der Waals surface area contributed by atoms with E-state index in [1.54, 1.807) is 29.9 Å². The first-order valence-electron chi connectivity index (χ1n) is 9.46. The number of piperazine rings is 1. The highest BCUT2D eigenvalue weighted by Crippen LogP contribution is 2.20. The molecule has 3 aromatic rings. The molecular formula is C22H23FN4O. The molecule has 5 nitrogen and oxygen atoms in total. The predicted octanol–water partition coefficient (Wildman–Crippen LogP) is 3.18. The molecule has 144 valence electrons. The van der Waals surface area contributed by atoms with Gasteiger partial charge in [-0.1, -0.05) is 30.3 Å². The Morgan fingerprint density at radius 3 is 2.36 bits per heavy atom. The molecule has 1 saturated heterocycles. The smallest absolute Gasteiger partial charge is 0.272 e. The summed E-state index contributed by atoms with van der Waals surface area (Å²) in [6.45, 7) is 4.00. The van der Waals surface area contributed by atoms with Gasteiger partial charge >= 0.3 is 0 Å². The number of hydrogen-bond donors (Lipinski definition) is 0. The monoisotopic (exact) mass is 378 g/mol. The zero-order valence-corrected chi connectivity index (χ0v) is 15.9. The molecule has 1 aromatic heterocycles. The third-order valence-corrected chi connectivity index (χ3v) is 5.15. The van der Waals surface area contributed by atoms with E-state index >= 15 is 0 Å². The van der Waals surface area contributed by atoms with Gasteiger partial charge in [-0.05, 0) is 35.9 Å². The molecule has 1 aliphatic heterocycles. The SMILES string of the molecule is Cn1nc(-c2ccc(F)cc2)cc1C(=O)N1CCN(Cc2ccccc2)CC1. The van der Waals surface area contributed by atoms with Crippen molar-refractivity contribution >= 4 is 5.91 Å². The van der Waals surface area contributed by atoms with Crippen molar-refractivity contribution in [1.29, 1.82) is 0 Å². The number of hydrogen-bond acceptors (Lipinski definition) is 3. The molecule has 0 unspecified atom stereocenters. The van der Waals surface area contributed by atoms with E-state index in [1.807, 2.05) is 11.0 Å². The summed E-state index contributed by atoms with van der Waals surface area (Å²) in [5.41, 5.74) is 3.31. The Labute approximate surface area is 164 Å². The fourth-order valence-corrected chi connectivity index (χ4v) is 3.54. The molecule has 2 heterocycles. The average Bonchev–Trinajstić information content (AvgIpc) is 3.11. The van der Waals surface area contributed by atoms with Crippen molar-refractivity contribution in [2.75, 3.05) is 26.2 Å². The minimum Gasteiger partial charge on any atom is -0.335 e. The second kappa shape index (κ2) is 7.94. The van der Waals surface area contributed by atoms with E-state index in [-0.39, 0.29) is 11.7 Å². The van der Waals surface area contributed by atoms with Crippen LogP contribution in [0.4, 0.5) is 4.39 Å². The van der Waals surface area contributed by atoms with Crippen LogP contribution in [0.5, 0.6) is 0 Å². The maximum absolute atomic E-state index is 13.1. The van der Waals surface area contributed by atoms with Crippen molar-refractivity contribution in [1.82, 2.24) is 19.6 Å². The lowest BCUT2D eigenvalue weighted by Gasteiger charge is -2.34. The van der Waals surface area contributed by atoms with E-state index in [9.17, 15) is 9.18 Å². The van der Waals surface area contributed by atoms with Crippen LogP contribution in [0.1, 0.15) is 16.1 Å². The molecule has 0 N–H and O–H groups in total. The van der Waals surface area contributed by atoms with Gasteiger partial charge < -0.3 is 4.90 Å². The van der Waals surface area contributed by atoms with Crippen LogP contribution in [-0.2, 0) is 13.6 Å². The van der Waals surface area contributed by atoms with Gasteiger partial charge in [0.2, 0.25) is 0 Å². The molecular weight excluding hydrogens is 355 g/mol. The maximum atomic E-state index is 13.1. The molecule has 0 saturated carbocycles. The number of amides is 1. The van der Waals surface area contributed by atoms with Crippen LogP contribution < -0.4 is 0 Å². The summed E-state index contributed by atoms with van der Waals surface area (Å²) in [5, 5.41) is 4.43. The normalized spacial score (nSPS) is 15.0. The standard InChI is InChI=1S/C22H23FN4O/c1-25-21(15-20(24-25)18-7-9-19(23)10-8-18)22(28)27-13-11-26(12-14-27)16-17-5-3-2-4-6-17/h2-10,15H,11-14,16H2,1H3. The van der Waals surface area contributed by atoms with Gasteiger partial charge in [-0.2, -0.15) is 5.10 Å². The zero-order valence-electron chi connectivity index (χ0n) is 15.9. The Kier molecular flexibility index (Phi) is 5.21. The van der Waals surface area contributed by atoms with Gasteiger partial charge in [0.25, 0.3) is 5.91 Å². The van der Waals surface area contributed by atoms with E-state index in [0.29, 0.717) is 24.5 Å². The quantitative estimate of drug-likeness (QED) is 0.700. The summed E-state index contributed by atoms with van der Waals surface area (Å²) < 4.78 is 14.7. The highest BCUT2D eigenvalue weighted by molar-refractivity contribution is 5.93. The molecule has 0 bridgehead atoms. The summed E-state index contributed by atoms with van der Waals surface area (Å²) in [6, 6.07) is 18.3. The predicted molar refractivity (Wildman–Crippen MR) is 106 cm³/mol. The van der Waals surface area contributed by atoms with Gasteiger partial charge in [0.1, 0.15) is 11.5 Å². The van der Waals surface area contributed by atoms with Gasteiger partial charge in [0.15, 0.2) is 0 Å². The summed E-state index contributed by atoms with van der Waals surface area (Å²) >= 11 is 0. The number of rotatable bonds is 4. The lowest BCUT2D eigenvalue weighted by Crippen LogP contribution is -2.48. The van der Waals surface area contributed by atoms with Gasteiger partial charge in [-0.3, -0.25) is 14.4 Å². The van der Waals surface area contributed by atoms with Crippen LogP contribution in [0.25, 0.3) is 11.3 Å². The number of aromatic nitrogens is 2. The lowest BCUT2D eigenvalue weighted by atomic mass is 10.1. The van der Waals surface area contributed by atoms with Gasteiger partial charge in [0.05, 0.1) is 5.69 Å². The highest BCUT2D eigenvalue weighted by Gasteiger charge is 2.25. The fraction of sp³-hybridized carbons (Fsp3) is 0.273. The molecule has 1 fully saturated rings. The van der Waals surface area contributed by atoms with Crippen molar-refractivity contribution in [2.45, 2.75) is 6.54 Å². The molecule has 0 aliphatic carbocycles. The Balaban J connectivity index is 1.41. The van der Waals surface area contributed by atoms with Crippen molar-refractivity contribution in [3.8, 4) is 11.3 Å². The minimum atomic E-state index is -0.288. The second-order valence-corrected chi connectivity index (χ2v) is 7.10. The topological polar surface area (TPSA) is 41.4 Å². The summed E-state index contributed by atoms with van der Waals surface area (Å²) in [7, 11) is 1.77. The summed E-state index contributed by atoms with van der Waals surface area (Å²) in [4.78, 5) is 17.2. The number of nitrogens with zero attached hydrogens (tertiary/aromatic N) is 4. The highest BCUT2D eigenvalue weighted by atomic mass is 19.1. The zero-order chi connectivity index (χ0) is 19.5. The van der Waals surface area contributed by atoms with E-state index in [1.165, 1.54) is 17.7 Å². The maximum Gasteiger partial charge on any atom is 0.272 e. The molecule has 2 aromatic carbocycles. The first kappa shape index (κ1) is 18.4. The van der Waals surface area contributed by atoms with Gasteiger partial charge in [-0.15, -0.1) is 0 Å². The molecule has 6 heteroatoms. The Morgan fingerprint density at radius 2 is 1.68 bits per heavy atom. The van der Waals surface area contributed by atoms with Crippen molar-refractivity contribution in [3.05, 3.63) is 77.7 Å².